The lowest BCUT2D eigenvalue weighted by Gasteiger charge is -2.18. The molecule has 12 heavy (non-hydrogen) atoms. The van der Waals surface area contributed by atoms with E-state index in [2.05, 4.69) is 28.9 Å². The Balaban J connectivity index is 2.09. The van der Waals surface area contributed by atoms with Crippen molar-refractivity contribution in [1.82, 2.24) is 5.32 Å². The third kappa shape index (κ3) is 4.04. The monoisotopic (exact) mass is 183 g/mol. The van der Waals surface area contributed by atoms with Crippen LogP contribution in [-0.4, -0.2) is 25.1 Å². The third-order valence-electron chi connectivity index (χ3n) is 2.04. The molecule has 1 fully saturated rings. The number of hydrogen-bond donors (Lipinski definition) is 1. The second-order valence-electron chi connectivity index (χ2n) is 3.17. The van der Waals surface area contributed by atoms with Crippen molar-refractivity contribution in [2.75, 3.05) is 25.1 Å². The van der Waals surface area contributed by atoms with Gasteiger partial charge in [-0.2, -0.15) is 11.8 Å². The minimum Gasteiger partial charge on any atom is -0.309 e. The van der Waals surface area contributed by atoms with Crippen LogP contribution in [0.4, 0.5) is 0 Å². The van der Waals surface area contributed by atoms with Crippen LogP contribution in [0.5, 0.6) is 0 Å². The minimum atomic E-state index is 0.833. The number of rotatable bonds is 2. The molecule has 1 aliphatic heterocycles. The molecule has 2 heteroatoms. The molecule has 0 aromatic carbocycles. The zero-order valence-electron chi connectivity index (χ0n) is 7.73. The van der Waals surface area contributed by atoms with E-state index < -0.39 is 0 Å². The van der Waals surface area contributed by atoms with Crippen LogP contribution in [0.15, 0.2) is 0 Å². The standard InChI is InChI=1S/C10H17NS/c1-11-7-3-2-5-10-6-4-8-12-9-10/h10-11H,4-9H2,1H3. The highest BCUT2D eigenvalue weighted by Crippen LogP contribution is 2.24. The SMILES string of the molecule is CNCC#CCC1CCCSC1. The van der Waals surface area contributed by atoms with Crippen LogP contribution < -0.4 is 5.32 Å². The van der Waals surface area contributed by atoms with Gasteiger partial charge in [-0.3, -0.25) is 0 Å². The van der Waals surface area contributed by atoms with Crippen molar-refractivity contribution >= 4 is 11.8 Å². The van der Waals surface area contributed by atoms with E-state index in [0.29, 0.717) is 0 Å². The van der Waals surface area contributed by atoms with E-state index in [1.165, 1.54) is 24.3 Å². The lowest BCUT2D eigenvalue weighted by molar-refractivity contribution is 0.537. The Morgan fingerprint density at radius 3 is 3.08 bits per heavy atom. The van der Waals surface area contributed by atoms with E-state index in [9.17, 15) is 0 Å². The summed E-state index contributed by atoms with van der Waals surface area (Å²) in [4.78, 5) is 0. The summed E-state index contributed by atoms with van der Waals surface area (Å²) in [6, 6.07) is 0. The summed E-state index contributed by atoms with van der Waals surface area (Å²) in [6.45, 7) is 0.833. The van der Waals surface area contributed by atoms with Gasteiger partial charge < -0.3 is 5.32 Å². The van der Waals surface area contributed by atoms with Gasteiger partial charge in [0.2, 0.25) is 0 Å². The molecule has 0 spiro atoms. The Kier molecular flexibility index (Phi) is 5.30. The van der Waals surface area contributed by atoms with Gasteiger partial charge in [-0.15, -0.1) is 5.92 Å². The molecule has 0 aromatic rings. The van der Waals surface area contributed by atoms with Gasteiger partial charge in [0.1, 0.15) is 0 Å². The highest BCUT2D eigenvalue weighted by molar-refractivity contribution is 7.99. The topological polar surface area (TPSA) is 12.0 Å². The van der Waals surface area contributed by atoms with Gasteiger partial charge in [0, 0.05) is 6.42 Å². The molecule has 1 aliphatic rings. The zero-order valence-corrected chi connectivity index (χ0v) is 8.54. The summed E-state index contributed by atoms with van der Waals surface area (Å²) in [7, 11) is 1.94. The Morgan fingerprint density at radius 2 is 2.42 bits per heavy atom. The highest BCUT2D eigenvalue weighted by Gasteiger charge is 2.11. The molecule has 1 saturated heterocycles. The molecular weight excluding hydrogens is 166 g/mol. The van der Waals surface area contributed by atoms with E-state index in [1.54, 1.807) is 0 Å². The normalized spacial score (nSPS) is 22.9. The first kappa shape index (κ1) is 9.95. The van der Waals surface area contributed by atoms with Gasteiger partial charge in [-0.25, -0.2) is 0 Å². The van der Waals surface area contributed by atoms with E-state index in [1.807, 2.05) is 7.05 Å². The summed E-state index contributed by atoms with van der Waals surface area (Å²) in [5.74, 6) is 9.90. The summed E-state index contributed by atoms with van der Waals surface area (Å²) >= 11 is 2.08. The highest BCUT2D eigenvalue weighted by atomic mass is 32.2. The van der Waals surface area contributed by atoms with Crippen LogP contribution in [0.2, 0.25) is 0 Å². The second kappa shape index (κ2) is 6.39. The fraction of sp³-hybridized carbons (Fsp3) is 0.800. The lowest BCUT2D eigenvalue weighted by atomic mass is 10.0. The number of hydrogen-bond acceptors (Lipinski definition) is 2. The molecule has 1 nitrogen and oxygen atoms in total. The summed E-state index contributed by atoms with van der Waals surface area (Å²) in [6.07, 6.45) is 3.89. The largest absolute Gasteiger partial charge is 0.309 e. The maximum atomic E-state index is 3.23. The van der Waals surface area contributed by atoms with Gasteiger partial charge in [-0.05, 0) is 37.3 Å². The molecule has 1 N–H and O–H groups in total. The molecule has 1 atom stereocenters. The third-order valence-corrected chi connectivity index (χ3v) is 3.32. The first-order chi connectivity index (χ1) is 5.93. The minimum absolute atomic E-state index is 0.833. The molecule has 1 unspecified atom stereocenters. The Bertz CT molecular complexity index is 162. The smallest absolute Gasteiger partial charge is 0.0574 e. The molecule has 0 amide bonds. The average Bonchev–Trinajstić information content (AvgIpc) is 2.14. The van der Waals surface area contributed by atoms with Crippen LogP contribution in [-0.2, 0) is 0 Å². The maximum Gasteiger partial charge on any atom is 0.0574 e. The lowest BCUT2D eigenvalue weighted by Crippen LogP contribution is -2.09. The Hall–Kier alpha value is -0.130. The van der Waals surface area contributed by atoms with Crippen molar-refractivity contribution in [3.05, 3.63) is 0 Å². The maximum absolute atomic E-state index is 3.23. The van der Waals surface area contributed by atoms with Crippen molar-refractivity contribution in [3.63, 3.8) is 0 Å². The van der Waals surface area contributed by atoms with Crippen molar-refractivity contribution in [2.45, 2.75) is 19.3 Å². The second-order valence-corrected chi connectivity index (χ2v) is 4.32. The van der Waals surface area contributed by atoms with Gasteiger partial charge in [-0.1, -0.05) is 5.92 Å². The van der Waals surface area contributed by atoms with Crippen molar-refractivity contribution in [1.29, 1.82) is 0 Å². The summed E-state index contributed by atoms with van der Waals surface area (Å²) < 4.78 is 0. The van der Waals surface area contributed by atoms with Crippen LogP contribution in [0.3, 0.4) is 0 Å². The molecule has 68 valence electrons. The van der Waals surface area contributed by atoms with E-state index in [-0.39, 0.29) is 0 Å². The Labute approximate surface area is 79.7 Å². The van der Waals surface area contributed by atoms with Crippen LogP contribution in [0, 0.1) is 17.8 Å². The number of nitrogens with one attached hydrogen (secondary N) is 1. The van der Waals surface area contributed by atoms with Crippen LogP contribution in [0.1, 0.15) is 19.3 Å². The molecular formula is C10H17NS. The van der Waals surface area contributed by atoms with E-state index in [4.69, 9.17) is 0 Å². The molecule has 0 aromatic heterocycles. The first-order valence-electron chi connectivity index (χ1n) is 4.61. The van der Waals surface area contributed by atoms with Gasteiger partial charge in [0.25, 0.3) is 0 Å². The molecule has 0 bridgehead atoms. The molecule has 0 aliphatic carbocycles. The zero-order chi connectivity index (χ0) is 8.65. The van der Waals surface area contributed by atoms with Crippen molar-refractivity contribution in [2.24, 2.45) is 5.92 Å². The van der Waals surface area contributed by atoms with Crippen LogP contribution >= 0.6 is 11.8 Å². The van der Waals surface area contributed by atoms with Crippen molar-refractivity contribution in [3.8, 4) is 11.8 Å². The molecule has 0 radical (unpaired) electrons. The van der Waals surface area contributed by atoms with Gasteiger partial charge in [0.05, 0.1) is 6.54 Å². The predicted octanol–water partition coefficient (Wildman–Crippen LogP) is 1.74. The summed E-state index contributed by atoms with van der Waals surface area (Å²) in [5, 5.41) is 3.03. The van der Waals surface area contributed by atoms with E-state index >= 15 is 0 Å². The molecule has 1 rings (SSSR count). The number of thioether (sulfide) groups is 1. The fourth-order valence-electron chi connectivity index (χ4n) is 1.34. The van der Waals surface area contributed by atoms with Gasteiger partial charge in [0.15, 0.2) is 0 Å². The Morgan fingerprint density at radius 1 is 1.50 bits per heavy atom. The molecule has 0 saturated carbocycles. The van der Waals surface area contributed by atoms with Crippen molar-refractivity contribution < 1.29 is 0 Å². The van der Waals surface area contributed by atoms with E-state index in [0.717, 1.165) is 18.9 Å². The summed E-state index contributed by atoms with van der Waals surface area (Å²) in [5.41, 5.74) is 0. The fourth-order valence-corrected chi connectivity index (χ4v) is 2.49. The quantitative estimate of drug-likeness (QED) is 0.655. The predicted molar refractivity (Wildman–Crippen MR) is 56.4 cm³/mol. The molecule has 1 heterocycles. The first-order valence-corrected chi connectivity index (χ1v) is 5.77. The average molecular weight is 183 g/mol. The van der Waals surface area contributed by atoms with Gasteiger partial charge >= 0.3 is 0 Å². The van der Waals surface area contributed by atoms with Crippen LogP contribution in [0.25, 0.3) is 0 Å².